The second-order valence-electron chi connectivity index (χ2n) is 2.83. The summed E-state index contributed by atoms with van der Waals surface area (Å²) in [7, 11) is 0. The van der Waals surface area contributed by atoms with Crippen LogP contribution < -0.4 is 0 Å². The highest BCUT2D eigenvalue weighted by molar-refractivity contribution is 9.10. The van der Waals surface area contributed by atoms with E-state index in [1.165, 1.54) is 0 Å². The minimum atomic E-state index is 0.0538. The number of allylic oxidation sites excluding steroid dienone is 2. The molecule has 1 nitrogen and oxygen atoms in total. The molecule has 0 amide bonds. The number of carbonyl (C=O) groups excluding carboxylic acids is 1. The molecule has 0 atom stereocenters. The van der Waals surface area contributed by atoms with E-state index in [-0.39, 0.29) is 5.78 Å². The third-order valence-corrected chi connectivity index (χ3v) is 2.65. The molecule has 0 unspecified atom stereocenters. The predicted molar refractivity (Wildman–Crippen MR) is 58.0 cm³/mol. The molecule has 0 bridgehead atoms. The van der Waals surface area contributed by atoms with Crippen LogP contribution in [0.3, 0.4) is 0 Å². The van der Waals surface area contributed by atoms with Crippen molar-refractivity contribution in [2.24, 2.45) is 0 Å². The summed E-state index contributed by atoms with van der Waals surface area (Å²) in [5.41, 5.74) is 1.81. The van der Waals surface area contributed by atoms with Gasteiger partial charge in [0.25, 0.3) is 0 Å². The summed E-state index contributed by atoms with van der Waals surface area (Å²) in [4.78, 5) is 11.4. The molecule has 13 heavy (non-hydrogen) atoms. The summed E-state index contributed by atoms with van der Waals surface area (Å²) in [6.07, 6.45) is 3.32. The minimum Gasteiger partial charge on any atom is -0.289 e. The van der Waals surface area contributed by atoms with Gasteiger partial charge in [-0.15, -0.1) is 0 Å². The van der Waals surface area contributed by atoms with Crippen molar-refractivity contribution in [1.29, 1.82) is 0 Å². The van der Waals surface area contributed by atoms with Crippen LogP contribution in [0.1, 0.15) is 22.8 Å². The molecule has 0 aliphatic rings. The van der Waals surface area contributed by atoms with Gasteiger partial charge in [-0.1, -0.05) is 22.0 Å². The fourth-order valence-electron chi connectivity index (χ4n) is 1.05. The Bertz CT molecular complexity index is 353. The Kier molecular flexibility index (Phi) is 3.43. The fraction of sp³-hybridized carbons (Fsp3) is 0.182. The van der Waals surface area contributed by atoms with Crippen LogP contribution in [0.25, 0.3) is 0 Å². The summed E-state index contributed by atoms with van der Waals surface area (Å²) < 4.78 is 1.03. The first kappa shape index (κ1) is 10.2. The Hall–Kier alpha value is -0.890. The van der Waals surface area contributed by atoms with Gasteiger partial charge in [0.1, 0.15) is 0 Å². The van der Waals surface area contributed by atoms with Gasteiger partial charge in [-0.25, -0.2) is 0 Å². The van der Waals surface area contributed by atoms with Crippen LogP contribution in [0, 0.1) is 6.92 Å². The number of halogens is 1. The average molecular weight is 239 g/mol. The highest BCUT2D eigenvalue weighted by Crippen LogP contribution is 2.17. The lowest BCUT2D eigenvalue weighted by molar-refractivity contribution is 0.104. The summed E-state index contributed by atoms with van der Waals surface area (Å²) in [6, 6.07) is 5.60. The number of ketones is 1. The van der Waals surface area contributed by atoms with Gasteiger partial charge in [0.2, 0.25) is 0 Å². The molecular formula is C11H11BrO. The normalized spacial score (nSPS) is 10.7. The Morgan fingerprint density at radius 3 is 2.69 bits per heavy atom. The molecule has 0 N–H and O–H groups in total. The highest BCUT2D eigenvalue weighted by Gasteiger charge is 2.02. The molecule has 1 rings (SSSR count). The largest absolute Gasteiger partial charge is 0.289 e. The predicted octanol–water partition coefficient (Wildman–Crippen LogP) is 3.52. The van der Waals surface area contributed by atoms with Crippen LogP contribution in [-0.2, 0) is 0 Å². The highest BCUT2D eigenvalue weighted by atomic mass is 79.9. The van der Waals surface area contributed by atoms with Crippen molar-refractivity contribution in [3.63, 3.8) is 0 Å². The van der Waals surface area contributed by atoms with Gasteiger partial charge in [0.05, 0.1) is 0 Å². The number of aryl methyl sites for hydroxylation is 1. The number of benzene rings is 1. The summed E-state index contributed by atoms with van der Waals surface area (Å²) >= 11 is 3.39. The van der Waals surface area contributed by atoms with Gasteiger partial charge >= 0.3 is 0 Å². The Morgan fingerprint density at radius 2 is 2.15 bits per heavy atom. The molecule has 0 spiro atoms. The van der Waals surface area contributed by atoms with E-state index >= 15 is 0 Å². The SMILES string of the molecule is C/C=C/C(=O)c1ccc(Br)c(C)c1. The van der Waals surface area contributed by atoms with E-state index in [1.807, 2.05) is 32.0 Å². The van der Waals surface area contributed by atoms with Crippen molar-refractivity contribution in [3.8, 4) is 0 Å². The molecule has 1 aromatic carbocycles. The van der Waals surface area contributed by atoms with Gasteiger partial charge in [-0.05, 0) is 43.7 Å². The van der Waals surface area contributed by atoms with Crippen LogP contribution in [0.15, 0.2) is 34.8 Å². The zero-order valence-electron chi connectivity index (χ0n) is 7.67. The fourth-order valence-corrected chi connectivity index (χ4v) is 1.29. The quantitative estimate of drug-likeness (QED) is 0.570. The van der Waals surface area contributed by atoms with Crippen LogP contribution in [0.5, 0.6) is 0 Å². The van der Waals surface area contributed by atoms with Gasteiger partial charge < -0.3 is 0 Å². The van der Waals surface area contributed by atoms with E-state index in [0.29, 0.717) is 0 Å². The van der Waals surface area contributed by atoms with E-state index in [2.05, 4.69) is 15.9 Å². The Balaban J connectivity index is 3.04. The molecule has 0 aliphatic heterocycles. The number of carbonyl (C=O) groups is 1. The van der Waals surface area contributed by atoms with Gasteiger partial charge in [-0.2, -0.15) is 0 Å². The molecule has 68 valence electrons. The standard InChI is InChI=1S/C11H11BrO/c1-3-4-11(13)9-5-6-10(12)8(2)7-9/h3-7H,1-2H3/b4-3+. The molecule has 0 saturated heterocycles. The first-order valence-electron chi connectivity index (χ1n) is 4.08. The van der Waals surface area contributed by atoms with Crippen molar-refractivity contribution in [3.05, 3.63) is 46.0 Å². The Morgan fingerprint density at radius 1 is 1.46 bits per heavy atom. The number of hydrogen-bond acceptors (Lipinski definition) is 1. The van der Waals surface area contributed by atoms with E-state index in [1.54, 1.807) is 12.2 Å². The van der Waals surface area contributed by atoms with Crippen LogP contribution in [0.4, 0.5) is 0 Å². The molecule has 0 heterocycles. The molecule has 1 aromatic rings. The monoisotopic (exact) mass is 238 g/mol. The summed E-state index contributed by atoms with van der Waals surface area (Å²) in [5, 5.41) is 0. The Labute approximate surface area is 86.6 Å². The maximum Gasteiger partial charge on any atom is 0.185 e. The van der Waals surface area contributed by atoms with Crippen LogP contribution >= 0.6 is 15.9 Å². The molecule has 0 fully saturated rings. The number of hydrogen-bond donors (Lipinski definition) is 0. The topological polar surface area (TPSA) is 17.1 Å². The molecule has 0 radical (unpaired) electrons. The lowest BCUT2D eigenvalue weighted by atomic mass is 10.1. The molecule has 0 saturated carbocycles. The van der Waals surface area contributed by atoms with E-state index in [0.717, 1.165) is 15.6 Å². The third kappa shape index (κ3) is 2.52. The number of rotatable bonds is 2. The van der Waals surface area contributed by atoms with E-state index in [4.69, 9.17) is 0 Å². The second kappa shape index (κ2) is 4.38. The molecular weight excluding hydrogens is 228 g/mol. The summed E-state index contributed by atoms with van der Waals surface area (Å²) in [6.45, 7) is 3.81. The maximum atomic E-state index is 11.4. The zero-order valence-corrected chi connectivity index (χ0v) is 9.26. The van der Waals surface area contributed by atoms with E-state index < -0.39 is 0 Å². The first-order chi connectivity index (χ1) is 6.15. The zero-order chi connectivity index (χ0) is 9.84. The van der Waals surface area contributed by atoms with Crippen molar-refractivity contribution in [1.82, 2.24) is 0 Å². The maximum absolute atomic E-state index is 11.4. The van der Waals surface area contributed by atoms with Crippen molar-refractivity contribution < 1.29 is 4.79 Å². The molecule has 2 heteroatoms. The van der Waals surface area contributed by atoms with Gasteiger partial charge in [0.15, 0.2) is 5.78 Å². The van der Waals surface area contributed by atoms with Crippen LogP contribution in [0.2, 0.25) is 0 Å². The molecule has 0 aromatic heterocycles. The van der Waals surface area contributed by atoms with Crippen molar-refractivity contribution in [2.45, 2.75) is 13.8 Å². The average Bonchev–Trinajstić information content (AvgIpc) is 2.10. The first-order valence-corrected chi connectivity index (χ1v) is 4.87. The van der Waals surface area contributed by atoms with Crippen molar-refractivity contribution >= 4 is 21.7 Å². The second-order valence-corrected chi connectivity index (χ2v) is 3.68. The van der Waals surface area contributed by atoms with Crippen molar-refractivity contribution in [2.75, 3.05) is 0 Å². The third-order valence-electron chi connectivity index (χ3n) is 1.76. The van der Waals surface area contributed by atoms with Gasteiger partial charge in [-0.3, -0.25) is 4.79 Å². The van der Waals surface area contributed by atoms with Crippen LogP contribution in [-0.4, -0.2) is 5.78 Å². The minimum absolute atomic E-state index is 0.0538. The smallest absolute Gasteiger partial charge is 0.185 e. The summed E-state index contributed by atoms with van der Waals surface area (Å²) in [5.74, 6) is 0.0538. The van der Waals surface area contributed by atoms with E-state index in [9.17, 15) is 4.79 Å². The van der Waals surface area contributed by atoms with Gasteiger partial charge in [0, 0.05) is 10.0 Å². The lowest BCUT2D eigenvalue weighted by Crippen LogP contribution is -1.94. The lowest BCUT2D eigenvalue weighted by Gasteiger charge is -2.00. The molecule has 0 aliphatic carbocycles.